The maximum absolute atomic E-state index is 12.9. The second kappa shape index (κ2) is 8.76. The number of hydrogen-bond donors (Lipinski definition) is 2. The summed E-state index contributed by atoms with van der Waals surface area (Å²) in [6.45, 7) is 0. The Hall–Kier alpha value is -4.04. The normalized spacial score (nSPS) is 11.0. The van der Waals surface area contributed by atoms with Crippen LogP contribution < -0.4 is 10.0 Å². The lowest BCUT2D eigenvalue weighted by Gasteiger charge is -2.11. The standard InChI is InChI=1S/C23H18N4O3S/c28-22(21-10-5-4-9-20(21)17-7-2-1-3-8-17)26-18-11-13-19(14-12-18)31(29,30)27-23-24-15-6-16-25-23/h1-16H,(H,26,28)(H,24,25,27). The van der Waals surface area contributed by atoms with Crippen molar-refractivity contribution >= 4 is 27.6 Å². The largest absolute Gasteiger partial charge is 0.322 e. The molecule has 154 valence electrons. The second-order valence-electron chi connectivity index (χ2n) is 6.57. The molecule has 1 heterocycles. The van der Waals surface area contributed by atoms with Crippen molar-refractivity contribution in [3.8, 4) is 11.1 Å². The molecule has 0 aliphatic rings. The minimum Gasteiger partial charge on any atom is -0.322 e. The van der Waals surface area contributed by atoms with E-state index in [1.807, 2.05) is 42.5 Å². The molecule has 0 aliphatic carbocycles. The van der Waals surface area contributed by atoms with Gasteiger partial charge in [-0.25, -0.2) is 23.1 Å². The monoisotopic (exact) mass is 430 g/mol. The Morgan fingerprint density at radius 2 is 1.39 bits per heavy atom. The maximum atomic E-state index is 12.9. The van der Waals surface area contributed by atoms with E-state index in [2.05, 4.69) is 20.0 Å². The highest BCUT2D eigenvalue weighted by atomic mass is 32.2. The summed E-state index contributed by atoms with van der Waals surface area (Å²) in [5, 5.41) is 2.82. The molecular weight excluding hydrogens is 412 g/mol. The molecule has 1 amide bonds. The summed E-state index contributed by atoms with van der Waals surface area (Å²) in [6, 6.07) is 24.4. The lowest BCUT2D eigenvalue weighted by atomic mass is 9.99. The van der Waals surface area contributed by atoms with Crippen molar-refractivity contribution in [2.75, 3.05) is 10.0 Å². The van der Waals surface area contributed by atoms with E-state index in [-0.39, 0.29) is 16.8 Å². The molecule has 0 aliphatic heterocycles. The highest BCUT2D eigenvalue weighted by Gasteiger charge is 2.16. The first-order valence-electron chi connectivity index (χ1n) is 9.39. The van der Waals surface area contributed by atoms with Gasteiger partial charge in [-0.05, 0) is 47.5 Å². The molecule has 0 saturated heterocycles. The summed E-state index contributed by atoms with van der Waals surface area (Å²) in [5.41, 5.74) is 2.74. The van der Waals surface area contributed by atoms with Crippen LogP contribution in [0, 0.1) is 0 Å². The van der Waals surface area contributed by atoms with Crippen LogP contribution in [0.3, 0.4) is 0 Å². The zero-order chi connectivity index (χ0) is 21.7. The summed E-state index contributed by atoms with van der Waals surface area (Å²) in [6.07, 6.45) is 2.88. The van der Waals surface area contributed by atoms with Crippen LogP contribution in [-0.4, -0.2) is 24.3 Å². The van der Waals surface area contributed by atoms with Crippen LogP contribution in [0.5, 0.6) is 0 Å². The van der Waals surface area contributed by atoms with Crippen molar-refractivity contribution in [2.45, 2.75) is 4.90 Å². The van der Waals surface area contributed by atoms with Gasteiger partial charge in [-0.1, -0.05) is 48.5 Å². The smallest absolute Gasteiger partial charge is 0.264 e. The van der Waals surface area contributed by atoms with Crippen LogP contribution in [0.15, 0.2) is 102 Å². The van der Waals surface area contributed by atoms with Crippen molar-refractivity contribution in [2.24, 2.45) is 0 Å². The summed E-state index contributed by atoms with van der Waals surface area (Å²) >= 11 is 0. The molecule has 1 aromatic heterocycles. The third kappa shape index (κ3) is 4.76. The van der Waals surface area contributed by atoms with E-state index in [1.54, 1.807) is 18.2 Å². The van der Waals surface area contributed by atoms with Crippen LogP contribution in [0.25, 0.3) is 11.1 Å². The number of carbonyl (C=O) groups excluding carboxylic acids is 1. The number of aromatic nitrogens is 2. The molecular formula is C23H18N4O3S. The SMILES string of the molecule is O=C(Nc1ccc(S(=O)(=O)Nc2ncccn2)cc1)c1ccccc1-c1ccccc1. The number of nitrogens with one attached hydrogen (secondary N) is 2. The molecule has 0 unspecified atom stereocenters. The third-order valence-electron chi connectivity index (χ3n) is 4.47. The van der Waals surface area contributed by atoms with Crippen LogP contribution in [0.1, 0.15) is 10.4 Å². The van der Waals surface area contributed by atoms with E-state index in [0.717, 1.165) is 11.1 Å². The van der Waals surface area contributed by atoms with Crippen molar-refractivity contribution in [3.05, 3.63) is 103 Å². The lowest BCUT2D eigenvalue weighted by molar-refractivity contribution is 0.102. The van der Waals surface area contributed by atoms with Gasteiger partial charge in [0.25, 0.3) is 15.9 Å². The van der Waals surface area contributed by atoms with Gasteiger partial charge in [-0.15, -0.1) is 0 Å². The molecule has 7 nitrogen and oxygen atoms in total. The van der Waals surface area contributed by atoms with Gasteiger partial charge in [0.05, 0.1) is 4.90 Å². The zero-order valence-corrected chi connectivity index (χ0v) is 17.1. The Balaban J connectivity index is 1.52. The van der Waals surface area contributed by atoms with E-state index < -0.39 is 10.0 Å². The summed E-state index contributed by atoms with van der Waals surface area (Å²) in [5.74, 6) is -0.303. The molecule has 0 spiro atoms. The number of rotatable bonds is 6. The predicted octanol–water partition coefficient (Wildman–Crippen LogP) is 4.20. The minimum atomic E-state index is -3.84. The van der Waals surface area contributed by atoms with Crippen LogP contribution >= 0.6 is 0 Å². The number of carbonyl (C=O) groups is 1. The molecule has 0 atom stereocenters. The molecule has 4 rings (SSSR count). The van der Waals surface area contributed by atoms with Gasteiger partial charge >= 0.3 is 0 Å². The zero-order valence-electron chi connectivity index (χ0n) is 16.3. The maximum Gasteiger partial charge on any atom is 0.264 e. The molecule has 31 heavy (non-hydrogen) atoms. The fourth-order valence-corrected chi connectivity index (χ4v) is 3.96. The molecule has 2 N–H and O–H groups in total. The molecule has 0 fully saturated rings. The topological polar surface area (TPSA) is 101 Å². The van der Waals surface area contributed by atoms with Crippen LogP contribution in [0.4, 0.5) is 11.6 Å². The molecule has 3 aromatic carbocycles. The van der Waals surface area contributed by atoms with E-state index in [0.29, 0.717) is 11.3 Å². The van der Waals surface area contributed by atoms with Gasteiger partial charge in [0, 0.05) is 23.6 Å². The van der Waals surface area contributed by atoms with Crippen LogP contribution in [-0.2, 0) is 10.0 Å². The molecule has 0 bridgehead atoms. The van der Waals surface area contributed by atoms with E-state index in [1.165, 1.54) is 36.7 Å². The number of nitrogens with zero attached hydrogens (tertiary/aromatic N) is 2. The summed E-state index contributed by atoms with van der Waals surface area (Å²) in [7, 11) is -3.84. The summed E-state index contributed by atoms with van der Waals surface area (Å²) in [4.78, 5) is 20.6. The fraction of sp³-hybridized carbons (Fsp3) is 0. The first kappa shape index (κ1) is 20.2. The van der Waals surface area contributed by atoms with Crippen molar-refractivity contribution < 1.29 is 13.2 Å². The van der Waals surface area contributed by atoms with Gasteiger partial charge < -0.3 is 5.32 Å². The first-order valence-corrected chi connectivity index (χ1v) is 10.9. The second-order valence-corrected chi connectivity index (χ2v) is 8.25. The van der Waals surface area contributed by atoms with Gasteiger partial charge in [0.1, 0.15) is 0 Å². The van der Waals surface area contributed by atoms with Gasteiger partial charge in [0.2, 0.25) is 5.95 Å². The van der Waals surface area contributed by atoms with E-state index in [9.17, 15) is 13.2 Å². The van der Waals surface area contributed by atoms with E-state index in [4.69, 9.17) is 0 Å². The average molecular weight is 430 g/mol. The Kier molecular flexibility index (Phi) is 5.72. The summed E-state index contributed by atoms with van der Waals surface area (Å²) < 4.78 is 27.3. The van der Waals surface area contributed by atoms with Gasteiger partial charge in [-0.3, -0.25) is 4.79 Å². The average Bonchev–Trinajstić information content (AvgIpc) is 2.80. The highest BCUT2D eigenvalue weighted by molar-refractivity contribution is 7.92. The van der Waals surface area contributed by atoms with Crippen molar-refractivity contribution in [1.82, 2.24) is 9.97 Å². The Morgan fingerprint density at radius 3 is 2.10 bits per heavy atom. The van der Waals surface area contributed by atoms with Gasteiger partial charge in [0.15, 0.2) is 0 Å². The lowest BCUT2D eigenvalue weighted by Crippen LogP contribution is -2.15. The molecule has 4 aromatic rings. The minimum absolute atomic E-state index is 0.0163. The Labute approximate surface area is 179 Å². The third-order valence-corrected chi connectivity index (χ3v) is 5.81. The number of anilines is 2. The molecule has 0 radical (unpaired) electrons. The Bertz CT molecular complexity index is 1290. The fourth-order valence-electron chi connectivity index (χ4n) is 3.00. The highest BCUT2D eigenvalue weighted by Crippen LogP contribution is 2.24. The number of benzene rings is 3. The molecule has 8 heteroatoms. The Morgan fingerprint density at radius 1 is 0.742 bits per heavy atom. The van der Waals surface area contributed by atoms with Crippen molar-refractivity contribution in [3.63, 3.8) is 0 Å². The van der Waals surface area contributed by atoms with Crippen LogP contribution in [0.2, 0.25) is 0 Å². The number of amides is 1. The van der Waals surface area contributed by atoms with Gasteiger partial charge in [-0.2, -0.15) is 0 Å². The number of hydrogen-bond acceptors (Lipinski definition) is 5. The van der Waals surface area contributed by atoms with E-state index >= 15 is 0 Å². The quantitative estimate of drug-likeness (QED) is 0.477. The van der Waals surface area contributed by atoms with Crippen molar-refractivity contribution in [1.29, 1.82) is 0 Å². The predicted molar refractivity (Wildman–Crippen MR) is 119 cm³/mol. The number of sulfonamides is 1. The first-order chi connectivity index (χ1) is 15.0. The molecule has 0 saturated carbocycles.